The van der Waals surface area contributed by atoms with Crippen LogP contribution in [0.5, 0.6) is 11.5 Å². The van der Waals surface area contributed by atoms with Gasteiger partial charge in [0, 0.05) is 43.7 Å². The largest absolute Gasteiger partial charge is 0.451 e. The Labute approximate surface area is 243 Å². The smallest absolute Gasteiger partial charge is 0.258 e. The fourth-order valence-corrected chi connectivity index (χ4v) is 6.22. The third kappa shape index (κ3) is 6.58. The summed E-state index contributed by atoms with van der Waals surface area (Å²) in [5.74, 6) is 0.756. The number of piperidine rings is 1. The van der Waals surface area contributed by atoms with Crippen molar-refractivity contribution in [3.05, 3.63) is 53.8 Å². The molecule has 3 aliphatic heterocycles. The standard InChI is InChI=1S/C30H41FN6O2.ClH/c1-21(2)37(22(3)4)29(38)25-15-24(31)5-6-26(25)39-27-16-33-20-34-28(27)36-18-30(19-36)9-13-35(14-10-30)17-23-7-11-32-12-8-23;/h5-7,15-16,20-22,32H,8-14,17-19H2,1-4H3;1H. The Balaban J connectivity index is 0.00000370. The first-order valence-electron chi connectivity index (χ1n) is 14.2. The predicted molar refractivity (Wildman–Crippen MR) is 158 cm³/mol. The first-order chi connectivity index (χ1) is 18.7. The number of nitrogens with zero attached hydrogens (tertiary/aromatic N) is 5. The van der Waals surface area contributed by atoms with Crippen LogP contribution in [-0.2, 0) is 0 Å². The minimum Gasteiger partial charge on any atom is -0.451 e. The first-order valence-corrected chi connectivity index (χ1v) is 14.2. The van der Waals surface area contributed by atoms with Crippen LogP contribution in [0.25, 0.3) is 0 Å². The molecule has 1 amide bonds. The van der Waals surface area contributed by atoms with Gasteiger partial charge in [0.2, 0.25) is 0 Å². The van der Waals surface area contributed by atoms with Crippen molar-refractivity contribution >= 4 is 24.1 Å². The molecule has 0 bridgehead atoms. The molecule has 218 valence electrons. The third-order valence-electron chi connectivity index (χ3n) is 8.25. The van der Waals surface area contributed by atoms with E-state index in [2.05, 4.69) is 31.2 Å². The van der Waals surface area contributed by atoms with E-state index in [4.69, 9.17) is 4.74 Å². The molecular formula is C30H42ClFN6O2. The summed E-state index contributed by atoms with van der Waals surface area (Å²) in [6, 6.07) is 4.01. The molecule has 1 N–H and O–H groups in total. The summed E-state index contributed by atoms with van der Waals surface area (Å²) in [7, 11) is 0. The number of carbonyl (C=O) groups is 1. The van der Waals surface area contributed by atoms with Gasteiger partial charge in [-0.1, -0.05) is 11.6 Å². The second-order valence-electron chi connectivity index (χ2n) is 11.8. The number of halogens is 2. The highest BCUT2D eigenvalue weighted by molar-refractivity contribution is 5.97. The molecule has 0 atom stereocenters. The van der Waals surface area contributed by atoms with Crippen LogP contribution in [0.15, 0.2) is 42.4 Å². The number of hydrogen-bond acceptors (Lipinski definition) is 7. The molecule has 8 nitrogen and oxygen atoms in total. The lowest BCUT2D eigenvalue weighted by Gasteiger charge is -2.54. The number of nitrogens with one attached hydrogen (secondary N) is 1. The molecule has 3 aliphatic rings. The summed E-state index contributed by atoms with van der Waals surface area (Å²) in [6.45, 7) is 15.1. The van der Waals surface area contributed by atoms with E-state index in [-0.39, 0.29) is 36.0 Å². The maximum atomic E-state index is 14.3. The normalized spacial score (nSPS) is 18.8. The molecular weight excluding hydrogens is 531 g/mol. The van der Waals surface area contributed by atoms with E-state index >= 15 is 0 Å². The maximum Gasteiger partial charge on any atom is 0.258 e. The van der Waals surface area contributed by atoms with Gasteiger partial charge in [0.05, 0.1) is 11.8 Å². The van der Waals surface area contributed by atoms with E-state index in [0.717, 1.165) is 52.2 Å². The molecule has 0 saturated carbocycles. The van der Waals surface area contributed by atoms with Crippen molar-refractivity contribution in [2.45, 2.75) is 59.0 Å². The average Bonchev–Trinajstić information content (AvgIpc) is 2.89. The van der Waals surface area contributed by atoms with Gasteiger partial charge in [0.25, 0.3) is 5.91 Å². The Hall–Kier alpha value is -2.75. The van der Waals surface area contributed by atoms with Crippen LogP contribution >= 0.6 is 12.4 Å². The molecule has 5 rings (SSSR count). The van der Waals surface area contributed by atoms with Gasteiger partial charge >= 0.3 is 0 Å². The summed E-state index contributed by atoms with van der Waals surface area (Å²) in [6.07, 6.45) is 9.00. The molecule has 0 unspecified atom stereocenters. The molecule has 1 aromatic carbocycles. The predicted octanol–water partition coefficient (Wildman–Crippen LogP) is 4.91. The summed E-state index contributed by atoms with van der Waals surface area (Å²) in [5, 5.41) is 3.39. The molecule has 2 saturated heterocycles. The van der Waals surface area contributed by atoms with E-state index in [1.165, 1.54) is 37.4 Å². The van der Waals surface area contributed by atoms with Gasteiger partial charge in [0.15, 0.2) is 11.6 Å². The highest BCUT2D eigenvalue weighted by Gasteiger charge is 2.46. The molecule has 0 aliphatic carbocycles. The van der Waals surface area contributed by atoms with Gasteiger partial charge in [0.1, 0.15) is 17.9 Å². The maximum absolute atomic E-state index is 14.3. The third-order valence-corrected chi connectivity index (χ3v) is 8.25. The zero-order valence-electron chi connectivity index (χ0n) is 24.0. The minimum absolute atomic E-state index is 0. The number of benzene rings is 1. The fraction of sp³-hybridized carbons (Fsp3) is 0.567. The number of rotatable bonds is 8. The van der Waals surface area contributed by atoms with Crippen LogP contribution in [0.1, 0.15) is 57.3 Å². The molecule has 1 spiro atoms. The number of ether oxygens (including phenoxy) is 1. The minimum atomic E-state index is -0.477. The first kappa shape index (κ1) is 30.2. The van der Waals surface area contributed by atoms with Crippen LogP contribution in [-0.4, -0.2) is 83.6 Å². The van der Waals surface area contributed by atoms with Crippen molar-refractivity contribution in [2.24, 2.45) is 5.41 Å². The number of anilines is 1. The summed E-state index contributed by atoms with van der Waals surface area (Å²) in [5.41, 5.74) is 2.06. The van der Waals surface area contributed by atoms with E-state index in [1.807, 2.05) is 27.7 Å². The number of carbonyl (C=O) groups excluding carboxylic acids is 1. The van der Waals surface area contributed by atoms with Crippen LogP contribution in [0.4, 0.5) is 10.2 Å². The van der Waals surface area contributed by atoms with Crippen molar-refractivity contribution in [1.82, 2.24) is 25.1 Å². The zero-order chi connectivity index (χ0) is 27.6. The molecule has 0 radical (unpaired) electrons. The molecule has 2 aromatic rings. The molecule has 4 heterocycles. The number of likely N-dealkylation sites (tertiary alicyclic amines) is 1. The van der Waals surface area contributed by atoms with Crippen LogP contribution < -0.4 is 15.0 Å². The highest BCUT2D eigenvalue weighted by Crippen LogP contribution is 2.45. The zero-order valence-corrected chi connectivity index (χ0v) is 24.8. The van der Waals surface area contributed by atoms with Crippen molar-refractivity contribution in [3.8, 4) is 11.5 Å². The van der Waals surface area contributed by atoms with Crippen LogP contribution in [0, 0.1) is 11.2 Å². The van der Waals surface area contributed by atoms with E-state index in [9.17, 15) is 9.18 Å². The lowest BCUT2D eigenvalue weighted by Crippen LogP contribution is -2.60. The second-order valence-corrected chi connectivity index (χ2v) is 11.8. The SMILES string of the molecule is CC(C)N(C(=O)c1cc(F)ccc1Oc1cncnc1N1CC2(CCN(CC3=CCNCC3)CC2)C1)C(C)C.Cl. The topological polar surface area (TPSA) is 73.8 Å². The quantitative estimate of drug-likeness (QED) is 0.451. The highest BCUT2D eigenvalue weighted by atomic mass is 35.5. The number of amides is 1. The van der Waals surface area contributed by atoms with Gasteiger partial charge in [-0.05, 0) is 84.8 Å². The number of aromatic nitrogens is 2. The molecule has 1 aromatic heterocycles. The van der Waals surface area contributed by atoms with Crippen LogP contribution in [0.3, 0.4) is 0 Å². The lowest BCUT2D eigenvalue weighted by atomic mass is 9.72. The van der Waals surface area contributed by atoms with E-state index in [1.54, 1.807) is 16.7 Å². The molecule has 10 heteroatoms. The van der Waals surface area contributed by atoms with Crippen molar-refractivity contribution in [1.29, 1.82) is 0 Å². The van der Waals surface area contributed by atoms with Gasteiger partial charge < -0.3 is 19.9 Å². The van der Waals surface area contributed by atoms with Gasteiger partial charge in [-0.3, -0.25) is 9.69 Å². The Morgan fingerprint density at radius 3 is 2.52 bits per heavy atom. The van der Waals surface area contributed by atoms with Gasteiger partial charge in [-0.25, -0.2) is 14.4 Å². The second kappa shape index (κ2) is 12.8. The van der Waals surface area contributed by atoms with Crippen molar-refractivity contribution < 1.29 is 13.9 Å². The average molecular weight is 573 g/mol. The van der Waals surface area contributed by atoms with E-state index in [0.29, 0.717) is 22.7 Å². The Bertz CT molecular complexity index is 1200. The summed E-state index contributed by atoms with van der Waals surface area (Å²) < 4.78 is 20.5. The lowest BCUT2D eigenvalue weighted by molar-refractivity contribution is 0.0640. The summed E-state index contributed by atoms with van der Waals surface area (Å²) in [4.78, 5) is 28.8. The Morgan fingerprint density at radius 2 is 1.88 bits per heavy atom. The molecule has 2 fully saturated rings. The monoisotopic (exact) mass is 572 g/mol. The number of hydrogen-bond donors (Lipinski definition) is 1. The Kier molecular flexibility index (Phi) is 9.69. The van der Waals surface area contributed by atoms with Gasteiger partial charge in [-0.15, -0.1) is 12.4 Å². The molecule has 40 heavy (non-hydrogen) atoms. The van der Waals surface area contributed by atoms with Crippen LogP contribution in [0.2, 0.25) is 0 Å². The Morgan fingerprint density at radius 1 is 1.15 bits per heavy atom. The van der Waals surface area contributed by atoms with Gasteiger partial charge in [-0.2, -0.15) is 0 Å². The van der Waals surface area contributed by atoms with Crippen molar-refractivity contribution in [3.63, 3.8) is 0 Å². The fourth-order valence-electron chi connectivity index (χ4n) is 6.22. The van der Waals surface area contributed by atoms with Crippen molar-refractivity contribution in [2.75, 3.05) is 50.7 Å². The summed E-state index contributed by atoms with van der Waals surface area (Å²) >= 11 is 0. The van der Waals surface area contributed by atoms with E-state index < -0.39 is 5.82 Å².